The van der Waals surface area contributed by atoms with Crippen LogP contribution in [0.5, 0.6) is 0 Å². The number of hydrogen-bond donors (Lipinski definition) is 0. The topological polar surface area (TPSA) is 9.86 Å². The number of nitrogens with zero attached hydrogens (tertiary/aromatic N) is 2. The van der Waals surface area contributed by atoms with Gasteiger partial charge in [0.1, 0.15) is 0 Å². The highest BCUT2D eigenvalue weighted by Crippen LogP contribution is 2.38. The zero-order valence-electron chi connectivity index (χ0n) is 27.4. The number of rotatable bonds is 5. The van der Waals surface area contributed by atoms with Crippen molar-refractivity contribution in [3.05, 3.63) is 194 Å². The predicted octanol–water partition coefficient (Wildman–Crippen LogP) is 12.9. The van der Waals surface area contributed by atoms with Crippen LogP contribution in [0.1, 0.15) is 0 Å². The van der Waals surface area contributed by atoms with Crippen LogP contribution in [-0.2, 0) is 0 Å². The normalized spacial score (nSPS) is 11.6. The van der Waals surface area contributed by atoms with Gasteiger partial charge in [-0.3, -0.25) is 0 Å². The summed E-state index contributed by atoms with van der Waals surface area (Å²) in [5.41, 5.74) is 14.4. The van der Waals surface area contributed by atoms with E-state index in [1.807, 2.05) is 0 Å². The Balaban J connectivity index is 1.13. The summed E-state index contributed by atoms with van der Waals surface area (Å²) in [6.45, 7) is 0. The Morgan fingerprint density at radius 1 is 0.220 bits per heavy atom. The lowest BCUT2D eigenvalue weighted by Crippen LogP contribution is -1.95. The van der Waals surface area contributed by atoms with Crippen LogP contribution < -0.4 is 0 Å². The van der Waals surface area contributed by atoms with Crippen LogP contribution in [0, 0.1) is 0 Å². The fourth-order valence-electron chi connectivity index (χ4n) is 7.72. The van der Waals surface area contributed by atoms with E-state index in [1.54, 1.807) is 0 Å². The number of aromatic nitrogens is 2. The third-order valence-electron chi connectivity index (χ3n) is 10.1. The van der Waals surface area contributed by atoms with E-state index in [0.29, 0.717) is 0 Å². The van der Waals surface area contributed by atoms with Crippen LogP contribution in [0.2, 0.25) is 0 Å². The molecule has 0 saturated heterocycles. The zero-order chi connectivity index (χ0) is 33.0. The molecule has 0 N–H and O–H groups in total. The summed E-state index contributed by atoms with van der Waals surface area (Å²) in [4.78, 5) is 0. The molecule has 2 nitrogen and oxygen atoms in total. The molecule has 0 bridgehead atoms. The third-order valence-corrected chi connectivity index (χ3v) is 10.1. The number of para-hydroxylation sites is 2. The molecule has 0 unspecified atom stereocenters. The van der Waals surface area contributed by atoms with Crippen LogP contribution in [0.15, 0.2) is 194 Å². The van der Waals surface area contributed by atoms with Crippen molar-refractivity contribution in [2.75, 3.05) is 0 Å². The van der Waals surface area contributed by atoms with E-state index in [9.17, 15) is 0 Å². The Bertz CT molecular complexity index is 2620. The fraction of sp³-hybridized carbons (Fsp3) is 0. The molecule has 10 aromatic rings. The second kappa shape index (κ2) is 11.5. The first kappa shape index (κ1) is 28.4. The SMILES string of the molecule is c1ccc(-c2ccc(-n3c4ccccc4c4ccc(-c5ccc6c7ccccc7n(-c7ccc(-c8ccccc8)cc7)c6c5)cc43)cc2)cc1. The van der Waals surface area contributed by atoms with Gasteiger partial charge < -0.3 is 9.13 Å². The predicted molar refractivity (Wildman–Crippen MR) is 211 cm³/mol. The molecule has 0 aliphatic heterocycles. The van der Waals surface area contributed by atoms with Gasteiger partial charge in [-0.05, 0) is 81.9 Å². The van der Waals surface area contributed by atoms with Gasteiger partial charge in [0.05, 0.1) is 22.1 Å². The molecule has 0 saturated carbocycles. The molecule has 0 aliphatic carbocycles. The molecule has 0 radical (unpaired) electrons. The maximum Gasteiger partial charge on any atom is 0.0547 e. The van der Waals surface area contributed by atoms with Crippen molar-refractivity contribution in [3.63, 3.8) is 0 Å². The quantitative estimate of drug-likeness (QED) is 0.178. The Labute approximate surface area is 290 Å². The first-order valence-electron chi connectivity index (χ1n) is 17.2. The van der Waals surface area contributed by atoms with E-state index in [0.717, 1.165) is 11.4 Å². The highest BCUT2D eigenvalue weighted by atomic mass is 15.0. The smallest absolute Gasteiger partial charge is 0.0547 e. The van der Waals surface area contributed by atoms with Crippen LogP contribution in [-0.4, -0.2) is 9.13 Å². The monoisotopic (exact) mass is 636 g/mol. The van der Waals surface area contributed by atoms with Crippen molar-refractivity contribution in [2.45, 2.75) is 0 Å². The summed E-state index contributed by atoms with van der Waals surface area (Å²) >= 11 is 0. The molecule has 0 fully saturated rings. The lowest BCUT2D eigenvalue weighted by atomic mass is 10.0. The summed E-state index contributed by atoms with van der Waals surface area (Å²) in [5.74, 6) is 0. The van der Waals surface area contributed by atoms with Gasteiger partial charge in [0.15, 0.2) is 0 Å². The summed E-state index contributed by atoms with van der Waals surface area (Å²) < 4.78 is 4.82. The highest BCUT2D eigenvalue weighted by molar-refractivity contribution is 6.12. The van der Waals surface area contributed by atoms with Crippen molar-refractivity contribution < 1.29 is 0 Å². The largest absolute Gasteiger partial charge is 0.309 e. The summed E-state index contributed by atoms with van der Waals surface area (Å²) in [5, 5.41) is 5.03. The lowest BCUT2D eigenvalue weighted by molar-refractivity contribution is 1.18. The molecule has 0 aliphatic rings. The van der Waals surface area contributed by atoms with Gasteiger partial charge in [0.2, 0.25) is 0 Å². The molecule has 2 heterocycles. The molecule has 0 amide bonds. The number of fused-ring (bicyclic) bond motifs is 6. The molecule has 0 spiro atoms. The Morgan fingerprint density at radius 3 is 0.960 bits per heavy atom. The minimum atomic E-state index is 1.16. The summed E-state index contributed by atoms with van der Waals surface area (Å²) in [6, 6.07) is 70.4. The van der Waals surface area contributed by atoms with E-state index in [2.05, 4.69) is 203 Å². The molecular formula is C48H32N2. The Morgan fingerprint density at radius 2 is 0.540 bits per heavy atom. The highest BCUT2D eigenvalue weighted by Gasteiger charge is 2.16. The minimum absolute atomic E-state index is 1.16. The molecule has 50 heavy (non-hydrogen) atoms. The first-order chi connectivity index (χ1) is 24.8. The van der Waals surface area contributed by atoms with Crippen molar-refractivity contribution in [1.29, 1.82) is 0 Å². The van der Waals surface area contributed by atoms with Crippen molar-refractivity contribution in [3.8, 4) is 44.8 Å². The van der Waals surface area contributed by atoms with E-state index in [4.69, 9.17) is 0 Å². The maximum atomic E-state index is 2.41. The minimum Gasteiger partial charge on any atom is -0.309 e. The number of benzene rings is 8. The van der Waals surface area contributed by atoms with Gasteiger partial charge in [-0.1, -0.05) is 146 Å². The Hall–Kier alpha value is -6.64. The zero-order valence-corrected chi connectivity index (χ0v) is 27.4. The van der Waals surface area contributed by atoms with E-state index >= 15 is 0 Å². The molecule has 2 heteroatoms. The second-order valence-corrected chi connectivity index (χ2v) is 13.0. The first-order valence-corrected chi connectivity index (χ1v) is 17.2. The van der Waals surface area contributed by atoms with Crippen LogP contribution in [0.25, 0.3) is 88.4 Å². The van der Waals surface area contributed by atoms with Crippen molar-refractivity contribution in [2.24, 2.45) is 0 Å². The van der Waals surface area contributed by atoms with Gasteiger partial charge in [0, 0.05) is 32.9 Å². The molecule has 2 aromatic heterocycles. The summed E-state index contributed by atoms with van der Waals surface area (Å²) in [6.07, 6.45) is 0. The van der Waals surface area contributed by atoms with Gasteiger partial charge in [-0.25, -0.2) is 0 Å². The molecule has 10 rings (SSSR count). The number of hydrogen-bond acceptors (Lipinski definition) is 0. The molecule has 234 valence electrons. The van der Waals surface area contributed by atoms with Gasteiger partial charge in [-0.2, -0.15) is 0 Å². The van der Waals surface area contributed by atoms with Crippen LogP contribution in [0.3, 0.4) is 0 Å². The molecule has 0 atom stereocenters. The van der Waals surface area contributed by atoms with Crippen LogP contribution in [0.4, 0.5) is 0 Å². The van der Waals surface area contributed by atoms with E-state index in [-0.39, 0.29) is 0 Å². The second-order valence-electron chi connectivity index (χ2n) is 13.0. The fourth-order valence-corrected chi connectivity index (χ4v) is 7.72. The average molecular weight is 637 g/mol. The van der Waals surface area contributed by atoms with Crippen molar-refractivity contribution >= 4 is 43.6 Å². The maximum absolute atomic E-state index is 2.41. The van der Waals surface area contributed by atoms with Gasteiger partial charge >= 0.3 is 0 Å². The Kier molecular flexibility index (Phi) is 6.53. The lowest BCUT2D eigenvalue weighted by Gasteiger charge is -2.12. The third kappa shape index (κ3) is 4.57. The summed E-state index contributed by atoms with van der Waals surface area (Å²) in [7, 11) is 0. The van der Waals surface area contributed by atoms with Crippen molar-refractivity contribution in [1.82, 2.24) is 9.13 Å². The standard InChI is InChI=1S/C48H32N2/c1-3-11-33(12-4-1)35-19-25-39(26-20-35)49-45-17-9-7-15-41(45)43-29-23-37(31-47(43)49)38-24-30-44-42-16-8-10-18-46(42)50(48(44)32-38)40-27-21-36(22-28-40)34-13-5-2-6-14-34/h1-32H. The van der Waals surface area contributed by atoms with Crippen LogP contribution >= 0.6 is 0 Å². The average Bonchev–Trinajstić information content (AvgIpc) is 3.71. The molecular weight excluding hydrogens is 605 g/mol. The van der Waals surface area contributed by atoms with Gasteiger partial charge in [0.25, 0.3) is 0 Å². The van der Waals surface area contributed by atoms with E-state index in [1.165, 1.54) is 77.0 Å². The molecule has 8 aromatic carbocycles. The van der Waals surface area contributed by atoms with E-state index < -0.39 is 0 Å². The van der Waals surface area contributed by atoms with Gasteiger partial charge in [-0.15, -0.1) is 0 Å².